The summed E-state index contributed by atoms with van der Waals surface area (Å²) in [4.78, 5) is 14.4. The lowest BCUT2D eigenvalue weighted by molar-refractivity contribution is -0.134. The highest BCUT2D eigenvalue weighted by atomic mass is 32.2. The molecule has 122 valence electrons. The monoisotopic (exact) mass is 323 g/mol. The first kappa shape index (κ1) is 15.8. The molecular weight excluding hydrogens is 298 g/mol. The van der Waals surface area contributed by atoms with E-state index in [1.807, 2.05) is 18.2 Å². The molecule has 0 bridgehead atoms. The lowest BCUT2D eigenvalue weighted by atomic mass is 9.93. The van der Waals surface area contributed by atoms with E-state index in [0.717, 1.165) is 62.7 Å². The second-order valence-electron chi connectivity index (χ2n) is 6.28. The second kappa shape index (κ2) is 7.00. The van der Waals surface area contributed by atoms with Crippen LogP contribution >= 0.6 is 11.8 Å². The molecular formula is C15H25N5OS. The lowest BCUT2D eigenvalue weighted by Crippen LogP contribution is -2.47. The van der Waals surface area contributed by atoms with Crippen LogP contribution in [-0.2, 0) is 18.3 Å². The van der Waals surface area contributed by atoms with E-state index in [-0.39, 0.29) is 6.04 Å². The maximum absolute atomic E-state index is 12.4. The molecule has 0 aromatic carbocycles. The number of nitrogens with zero attached hydrogens (tertiary/aromatic N) is 4. The highest BCUT2D eigenvalue weighted by molar-refractivity contribution is 7.98. The summed E-state index contributed by atoms with van der Waals surface area (Å²) in [6.07, 6.45) is 7.24. The lowest BCUT2D eigenvalue weighted by Gasteiger charge is -2.33. The van der Waals surface area contributed by atoms with Gasteiger partial charge in [0.25, 0.3) is 0 Å². The molecule has 1 amide bonds. The minimum Gasteiger partial charge on any atom is -0.341 e. The van der Waals surface area contributed by atoms with E-state index in [2.05, 4.69) is 20.1 Å². The maximum Gasteiger partial charge on any atom is 0.239 e. The Labute approximate surface area is 136 Å². The normalized spacial score (nSPS) is 23.2. The Bertz CT molecular complexity index is 518. The minimum atomic E-state index is 0.0689. The van der Waals surface area contributed by atoms with Gasteiger partial charge in [0.05, 0.1) is 6.04 Å². The molecule has 0 spiro atoms. The van der Waals surface area contributed by atoms with Gasteiger partial charge in [-0.2, -0.15) is 0 Å². The van der Waals surface area contributed by atoms with Crippen molar-refractivity contribution in [1.29, 1.82) is 0 Å². The Hall–Kier alpha value is -1.08. The Kier molecular flexibility index (Phi) is 5.03. The fourth-order valence-corrected chi connectivity index (χ4v) is 3.93. The van der Waals surface area contributed by atoms with Gasteiger partial charge in [-0.25, -0.2) is 0 Å². The zero-order chi connectivity index (χ0) is 15.5. The summed E-state index contributed by atoms with van der Waals surface area (Å²) in [6, 6.07) is 0.0689. The average Bonchev–Trinajstić information content (AvgIpc) is 3.18. The summed E-state index contributed by atoms with van der Waals surface area (Å²) in [5.74, 6) is 1.98. The molecule has 1 aromatic heterocycles. The van der Waals surface area contributed by atoms with Crippen LogP contribution in [0, 0.1) is 5.92 Å². The topological polar surface area (TPSA) is 63.1 Å². The number of likely N-dealkylation sites (tertiary alicyclic amines) is 1. The molecule has 1 atom stereocenters. The fourth-order valence-electron chi connectivity index (χ4n) is 3.43. The zero-order valence-corrected chi connectivity index (χ0v) is 14.2. The third-order valence-corrected chi connectivity index (χ3v) is 5.58. The number of hydrogen-bond donors (Lipinski definition) is 1. The number of carbonyl (C=O) groups is 1. The third-order valence-electron chi connectivity index (χ3n) is 4.86. The van der Waals surface area contributed by atoms with Crippen LogP contribution in [0.5, 0.6) is 0 Å². The van der Waals surface area contributed by atoms with E-state index in [1.54, 1.807) is 11.8 Å². The van der Waals surface area contributed by atoms with Gasteiger partial charge in [-0.15, -0.1) is 10.2 Å². The van der Waals surface area contributed by atoms with E-state index < -0.39 is 0 Å². The van der Waals surface area contributed by atoms with Crippen LogP contribution in [0.1, 0.15) is 31.5 Å². The maximum atomic E-state index is 12.4. The predicted molar refractivity (Wildman–Crippen MR) is 86.8 cm³/mol. The van der Waals surface area contributed by atoms with Crippen LogP contribution in [0.3, 0.4) is 0 Å². The summed E-state index contributed by atoms with van der Waals surface area (Å²) >= 11 is 1.63. The van der Waals surface area contributed by atoms with Gasteiger partial charge in [-0.1, -0.05) is 11.8 Å². The second-order valence-corrected chi connectivity index (χ2v) is 7.06. The Balaban J connectivity index is 1.51. The fraction of sp³-hybridized carbons (Fsp3) is 0.800. The van der Waals surface area contributed by atoms with Gasteiger partial charge >= 0.3 is 0 Å². The van der Waals surface area contributed by atoms with Gasteiger partial charge in [0.15, 0.2) is 5.16 Å². The first-order valence-electron chi connectivity index (χ1n) is 8.13. The molecule has 3 heterocycles. The molecule has 2 aliphatic rings. The highest BCUT2D eigenvalue weighted by Gasteiger charge is 2.30. The number of amides is 1. The predicted octanol–water partition coefficient (Wildman–Crippen LogP) is 1.07. The molecule has 2 fully saturated rings. The van der Waals surface area contributed by atoms with Crippen molar-refractivity contribution in [3.63, 3.8) is 0 Å². The Morgan fingerprint density at radius 2 is 2.09 bits per heavy atom. The molecule has 3 rings (SSSR count). The number of piperidine rings is 1. The summed E-state index contributed by atoms with van der Waals surface area (Å²) in [7, 11) is 2.03. The zero-order valence-electron chi connectivity index (χ0n) is 13.4. The molecule has 6 nitrogen and oxygen atoms in total. The van der Waals surface area contributed by atoms with Crippen molar-refractivity contribution in [2.45, 2.75) is 43.3 Å². The first-order chi connectivity index (χ1) is 10.7. The van der Waals surface area contributed by atoms with Crippen molar-refractivity contribution in [3.05, 3.63) is 5.82 Å². The quantitative estimate of drug-likeness (QED) is 0.840. The number of aromatic nitrogens is 3. The van der Waals surface area contributed by atoms with Gasteiger partial charge in [0.1, 0.15) is 5.82 Å². The molecule has 7 heteroatoms. The molecule has 0 saturated carbocycles. The summed E-state index contributed by atoms with van der Waals surface area (Å²) in [6.45, 7) is 2.75. The van der Waals surface area contributed by atoms with Gasteiger partial charge in [-0.3, -0.25) is 4.79 Å². The minimum absolute atomic E-state index is 0.0689. The van der Waals surface area contributed by atoms with E-state index in [4.69, 9.17) is 0 Å². The van der Waals surface area contributed by atoms with Gasteiger partial charge in [0, 0.05) is 26.6 Å². The SMILES string of the molecule is CSc1nnc(CC2CCN(C(=O)[C@@H]3CCCN3)CC2)n1C. The number of thioether (sulfide) groups is 1. The van der Waals surface area contributed by atoms with Crippen molar-refractivity contribution in [2.24, 2.45) is 13.0 Å². The Morgan fingerprint density at radius 1 is 1.32 bits per heavy atom. The van der Waals surface area contributed by atoms with Gasteiger partial charge in [-0.05, 0) is 44.4 Å². The molecule has 22 heavy (non-hydrogen) atoms. The molecule has 1 N–H and O–H groups in total. The third kappa shape index (κ3) is 3.30. The molecule has 2 aliphatic heterocycles. The van der Waals surface area contributed by atoms with Crippen molar-refractivity contribution < 1.29 is 4.79 Å². The van der Waals surface area contributed by atoms with Crippen molar-refractivity contribution in [2.75, 3.05) is 25.9 Å². The number of nitrogens with one attached hydrogen (secondary N) is 1. The molecule has 0 aliphatic carbocycles. The van der Waals surface area contributed by atoms with E-state index in [9.17, 15) is 4.79 Å². The number of hydrogen-bond acceptors (Lipinski definition) is 5. The van der Waals surface area contributed by atoms with Crippen LogP contribution in [-0.4, -0.2) is 57.5 Å². The van der Waals surface area contributed by atoms with E-state index >= 15 is 0 Å². The van der Waals surface area contributed by atoms with E-state index in [1.165, 1.54) is 0 Å². The molecule has 0 unspecified atom stereocenters. The van der Waals surface area contributed by atoms with Gasteiger partial charge in [0.2, 0.25) is 5.91 Å². The smallest absolute Gasteiger partial charge is 0.239 e. The summed E-state index contributed by atoms with van der Waals surface area (Å²) < 4.78 is 2.09. The number of rotatable bonds is 4. The largest absolute Gasteiger partial charge is 0.341 e. The highest BCUT2D eigenvalue weighted by Crippen LogP contribution is 2.23. The molecule has 0 radical (unpaired) electrons. The van der Waals surface area contributed by atoms with Crippen LogP contribution < -0.4 is 5.32 Å². The van der Waals surface area contributed by atoms with Crippen LogP contribution in [0.15, 0.2) is 5.16 Å². The van der Waals surface area contributed by atoms with Crippen LogP contribution in [0.25, 0.3) is 0 Å². The van der Waals surface area contributed by atoms with Crippen LogP contribution in [0.4, 0.5) is 0 Å². The molecule has 2 saturated heterocycles. The van der Waals surface area contributed by atoms with E-state index in [0.29, 0.717) is 11.8 Å². The van der Waals surface area contributed by atoms with Crippen molar-refractivity contribution >= 4 is 17.7 Å². The molecule has 1 aromatic rings. The summed E-state index contributed by atoms with van der Waals surface area (Å²) in [5, 5.41) is 12.8. The Morgan fingerprint density at radius 3 is 2.68 bits per heavy atom. The van der Waals surface area contributed by atoms with Gasteiger partial charge < -0.3 is 14.8 Å². The first-order valence-corrected chi connectivity index (χ1v) is 9.36. The van der Waals surface area contributed by atoms with Crippen molar-refractivity contribution in [1.82, 2.24) is 25.0 Å². The van der Waals surface area contributed by atoms with Crippen LogP contribution in [0.2, 0.25) is 0 Å². The summed E-state index contributed by atoms with van der Waals surface area (Å²) in [5.41, 5.74) is 0. The number of carbonyl (C=O) groups excluding carboxylic acids is 1. The van der Waals surface area contributed by atoms with Crippen molar-refractivity contribution in [3.8, 4) is 0 Å². The standard InChI is InChI=1S/C15H25N5OS/c1-19-13(17-18-15(19)22-2)10-11-5-8-20(9-6-11)14(21)12-4-3-7-16-12/h11-12,16H,3-10H2,1-2H3/t12-/m0/s1. The average molecular weight is 323 g/mol.